The Balaban J connectivity index is 3.37. The van der Waals surface area contributed by atoms with E-state index >= 15 is 0 Å². The minimum atomic E-state index is -1.32. The van der Waals surface area contributed by atoms with Crippen LogP contribution in [0.15, 0.2) is 0 Å². The smallest absolute Gasteiger partial charge is 0.185 e. The molecule has 0 saturated heterocycles. The third-order valence-electron chi connectivity index (χ3n) is 2.76. The molecule has 0 aliphatic heterocycles. The van der Waals surface area contributed by atoms with Crippen molar-refractivity contribution < 1.29 is 17.6 Å². The van der Waals surface area contributed by atoms with Gasteiger partial charge in [-0.3, -0.25) is 0 Å². The average molecular weight is 263 g/mol. The van der Waals surface area contributed by atoms with Gasteiger partial charge in [0.1, 0.15) is 5.69 Å². The molecule has 5 heteroatoms. The van der Waals surface area contributed by atoms with Gasteiger partial charge in [-0.05, 0) is 19.8 Å². The predicted molar refractivity (Wildman–Crippen MR) is 63.8 cm³/mol. The van der Waals surface area contributed by atoms with Gasteiger partial charge in [0.25, 0.3) is 0 Å². The summed E-state index contributed by atoms with van der Waals surface area (Å²) in [6, 6.07) is 0. The van der Waals surface area contributed by atoms with Crippen molar-refractivity contribution in [3.63, 3.8) is 0 Å². The highest BCUT2D eigenvalue weighted by Gasteiger charge is 2.26. The van der Waals surface area contributed by atoms with Gasteiger partial charge in [0.15, 0.2) is 23.3 Å². The van der Waals surface area contributed by atoms with Gasteiger partial charge in [-0.2, -0.15) is 0 Å². The Hall–Kier alpha value is -1.26. The maximum absolute atomic E-state index is 13.8. The molecule has 0 spiro atoms. The highest BCUT2D eigenvalue weighted by atomic mass is 19.2. The number of hydrogen-bond acceptors (Lipinski definition) is 1. The van der Waals surface area contributed by atoms with Gasteiger partial charge in [0.2, 0.25) is 0 Å². The first kappa shape index (κ1) is 14.8. The zero-order chi connectivity index (χ0) is 13.9. The van der Waals surface area contributed by atoms with Crippen LogP contribution in [0.4, 0.5) is 23.2 Å². The highest BCUT2D eigenvalue weighted by Crippen LogP contribution is 2.30. The molecule has 0 heterocycles. The van der Waals surface area contributed by atoms with E-state index in [0.29, 0.717) is 25.9 Å². The predicted octanol–water partition coefficient (Wildman–Crippen LogP) is 4.18. The van der Waals surface area contributed by atoms with Gasteiger partial charge in [-0.1, -0.05) is 13.8 Å². The Morgan fingerprint density at radius 1 is 0.778 bits per heavy atom. The van der Waals surface area contributed by atoms with Crippen LogP contribution in [0.3, 0.4) is 0 Å². The topological polar surface area (TPSA) is 3.24 Å². The van der Waals surface area contributed by atoms with E-state index in [0.717, 1.165) is 6.92 Å². The summed E-state index contributed by atoms with van der Waals surface area (Å²) in [5.41, 5.74) is -1.22. The molecule has 0 radical (unpaired) electrons. The lowest BCUT2D eigenvalue weighted by Gasteiger charge is -2.25. The second-order valence-electron chi connectivity index (χ2n) is 4.22. The van der Waals surface area contributed by atoms with Gasteiger partial charge in [-0.15, -0.1) is 0 Å². The molecule has 1 aromatic carbocycles. The molecule has 0 saturated carbocycles. The van der Waals surface area contributed by atoms with Crippen molar-refractivity contribution in [2.75, 3.05) is 18.0 Å². The van der Waals surface area contributed by atoms with Crippen molar-refractivity contribution in [2.24, 2.45) is 0 Å². The molecular weight excluding hydrogens is 246 g/mol. The van der Waals surface area contributed by atoms with Crippen LogP contribution in [0.25, 0.3) is 0 Å². The molecule has 0 fully saturated rings. The zero-order valence-electron chi connectivity index (χ0n) is 10.8. The standard InChI is InChI=1S/C13H17F4N/c1-4-6-18(7-5-2)13-11(16)9(14)8(3)10(15)12(13)17/h4-7H2,1-3H3. The van der Waals surface area contributed by atoms with Gasteiger partial charge < -0.3 is 4.90 Å². The second kappa shape index (κ2) is 6.07. The van der Waals surface area contributed by atoms with Crippen LogP contribution >= 0.6 is 0 Å². The third-order valence-corrected chi connectivity index (χ3v) is 2.76. The van der Waals surface area contributed by atoms with Crippen LogP contribution in [-0.2, 0) is 0 Å². The van der Waals surface area contributed by atoms with Gasteiger partial charge in [-0.25, -0.2) is 17.6 Å². The number of anilines is 1. The summed E-state index contributed by atoms with van der Waals surface area (Å²) in [6.45, 7) is 5.39. The summed E-state index contributed by atoms with van der Waals surface area (Å²) in [7, 11) is 0. The first-order valence-corrected chi connectivity index (χ1v) is 6.03. The van der Waals surface area contributed by atoms with E-state index in [4.69, 9.17) is 0 Å². The lowest BCUT2D eigenvalue weighted by Crippen LogP contribution is -2.28. The molecule has 0 atom stereocenters. The molecule has 0 N–H and O–H groups in total. The number of halogens is 4. The number of rotatable bonds is 5. The van der Waals surface area contributed by atoms with Crippen LogP contribution in [0.5, 0.6) is 0 Å². The summed E-state index contributed by atoms with van der Waals surface area (Å²) in [6.07, 6.45) is 1.27. The first-order chi connectivity index (χ1) is 8.45. The molecule has 0 bridgehead atoms. The molecule has 0 amide bonds. The minimum absolute atomic E-state index is 0.351. The van der Waals surface area contributed by atoms with Gasteiger partial charge in [0, 0.05) is 18.7 Å². The summed E-state index contributed by atoms with van der Waals surface area (Å²) >= 11 is 0. The van der Waals surface area contributed by atoms with Gasteiger partial charge in [0.05, 0.1) is 0 Å². The molecular formula is C13H17F4N. The van der Waals surface area contributed by atoms with E-state index in [1.807, 2.05) is 13.8 Å². The monoisotopic (exact) mass is 263 g/mol. The van der Waals surface area contributed by atoms with E-state index < -0.39 is 34.5 Å². The van der Waals surface area contributed by atoms with E-state index in [1.165, 1.54) is 4.90 Å². The second-order valence-corrected chi connectivity index (χ2v) is 4.22. The Kier molecular flexibility index (Phi) is 4.99. The number of benzene rings is 1. The third kappa shape index (κ3) is 2.60. The molecule has 0 unspecified atom stereocenters. The van der Waals surface area contributed by atoms with E-state index in [-0.39, 0.29) is 0 Å². The maximum Gasteiger partial charge on any atom is 0.185 e. The fourth-order valence-electron chi connectivity index (χ4n) is 1.88. The van der Waals surface area contributed by atoms with Gasteiger partial charge >= 0.3 is 0 Å². The zero-order valence-corrected chi connectivity index (χ0v) is 10.8. The molecule has 1 rings (SSSR count). The first-order valence-electron chi connectivity index (χ1n) is 6.03. The number of nitrogens with zero attached hydrogens (tertiary/aromatic N) is 1. The summed E-state index contributed by atoms with van der Waals surface area (Å²) in [5, 5.41) is 0. The van der Waals surface area contributed by atoms with Crippen molar-refractivity contribution >= 4 is 5.69 Å². The lowest BCUT2D eigenvalue weighted by molar-refractivity contribution is 0.442. The highest BCUT2D eigenvalue weighted by molar-refractivity contribution is 5.52. The number of hydrogen-bond donors (Lipinski definition) is 0. The van der Waals surface area contributed by atoms with Crippen LogP contribution in [0.1, 0.15) is 32.3 Å². The van der Waals surface area contributed by atoms with Crippen molar-refractivity contribution in [1.82, 2.24) is 0 Å². The molecule has 0 aromatic heterocycles. The lowest BCUT2D eigenvalue weighted by atomic mass is 10.1. The average Bonchev–Trinajstić information content (AvgIpc) is 2.35. The summed E-state index contributed by atoms with van der Waals surface area (Å²) < 4.78 is 54.5. The van der Waals surface area contributed by atoms with Crippen molar-refractivity contribution in [3.05, 3.63) is 28.8 Å². The quantitative estimate of drug-likeness (QED) is 0.569. The van der Waals surface area contributed by atoms with Crippen molar-refractivity contribution in [2.45, 2.75) is 33.6 Å². The van der Waals surface area contributed by atoms with Crippen molar-refractivity contribution in [1.29, 1.82) is 0 Å². The molecule has 18 heavy (non-hydrogen) atoms. The summed E-state index contributed by atoms with van der Waals surface area (Å²) in [4.78, 5) is 1.34. The van der Waals surface area contributed by atoms with Crippen molar-refractivity contribution in [3.8, 4) is 0 Å². The molecule has 0 aliphatic rings. The largest absolute Gasteiger partial charge is 0.367 e. The Morgan fingerprint density at radius 2 is 1.17 bits per heavy atom. The van der Waals surface area contributed by atoms with Crippen LogP contribution in [0.2, 0.25) is 0 Å². The summed E-state index contributed by atoms with van der Waals surface area (Å²) in [5.74, 6) is -5.26. The van der Waals surface area contributed by atoms with E-state index in [1.54, 1.807) is 0 Å². The Labute approximate surface area is 104 Å². The Bertz CT molecular complexity index is 396. The SMILES string of the molecule is CCCN(CCC)c1c(F)c(F)c(C)c(F)c1F. The van der Waals surface area contributed by atoms with Crippen LogP contribution in [-0.4, -0.2) is 13.1 Å². The molecule has 102 valence electrons. The maximum atomic E-state index is 13.8. The molecule has 1 aromatic rings. The normalized spacial score (nSPS) is 10.8. The molecule has 0 aliphatic carbocycles. The van der Waals surface area contributed by atoms with Crippen LogP contribution in [0, 0.1) is 30.2 Å². The van der Waals surface area contributed by atoms with E-state index in [9.17, 15) is 17.6 Å². The fraction of sp³-hybridized carbons (Fsp3) is 0.538. The molecule has 1 nitrogen and oxygen atoms in total. The fourth-order valence-corrected chi connectivity index (χ4v) is 1.88. The minimum Gasteiger partial charge on any atom is -0.367 e. The Morgan fingerprint density at radius 3 is 1.50 bits per heavy atom. The van der Waals surface area contributed by atoms with Crippen LogP contribution < -0.4 is 4.90 Å². The van der Waals surface area contributed by atoms with E-state index in [2.05, 4.69) is 0 Å².